The minimum Gasteiger partial charge on any atom is -0.378 e. The second kappa shape index (κ2) is 6.57. The molecule has 0 amide bonds. The number of nitrogens with one attached hydrogen (secondary N) is 1. The number of ether oxygens (including phenoxy) is 1. The first kappa shape index (κ1) is 13.9. The highest BCUT2D eigenvalue weighted by Crippen LogP contribution is 2.17. The van der Waals surface area contributed by atoms with Gasteiger partial charge >= 0.3 is 0 Å². The molecule has 0 bridgehead atoms. The zero-order chi connectivity index (χ0) is 12.0. The monoisotopic (exact) mass is 249 g/mol. The van der Waals surface area contributed by atoms with Gasteiger partial charge in [-0.05, 0) is 19.3 Å². The Labute approximate surface area is 98.7 Å². The van der Waals surface area contributed by atoms with Crippen molar-refractivity contribution in [3.63, 3.8) is 0 Å². The second-order valence-electron chi connectivity index (χ2n) is 4.59. The van der Waals surface area contributed by atoms with Gasteiger partial charge in [-0.3, -0.25) is 0 Å². The van der Waals surface area contributed by atoms with Gasteiger partial charge in [0, 0.05) is 25.4 Å². The Balaban J connectivity index is 2.21. The van der Waals surface area contributed by atoms with Crippen LogP contribution in [0.5, 0.6) is 0 Å². The summed E-state index contributed by atoms with van der Waals surface area (Å²) in [6.45, 7) is 3.51. The van der Waals surface area contributed by atoms with Crippen molar-refractivity contribution in [2.75, 3.05) is 25.2 Å². The summed E-state index contributed by atoms with van der Waals surface area (Å²) in [5.74, 6) is 0.225. The van der Waals surface area contributed by atoms with Crippen molar-refractivity contribution in [2.24, 2.45) is 0 Å². The largest absolute Gasteiger partial charge is 0.378 e. The van der Waals surface area contributed by atoms with Gasteiger partial charge in [0.05, 0.1) is 11.9 Å². The fourth-order valence-electron chi connectivity index (χ4n) is 2.04. The van der Waals surface area contributed by atoms with Crippen LogP contribution in [0.15, 0.2) is 0 Å². The van der Waals surface area contributed by atoms with Crippen LogP contribution >= 0.6 is 0 Å². The standard InChI is InChI=1S/C11H23NO3S/c1-3-4-11-9-10(5-7-15-11)12-6-8-16(2,13)14/h10-12H,3-9H2,1-2H3. The molecule has 1 rings (SSSR count). The lowest BCUT2D eigenvalue weighted by Gasteiger charge is -2.30. The van der Waals surface area contributed by atoms with E-state index in [0.717, 1.165) is 32.3 Å². The molecular formula is C11H23NO3S. The normalized spacial score (nSPS) is 26.9. The molecule has 5 heteroatoms. The summed E-state index contributed by atoms with van der Waals surface area (Å²) in [6.07, 6.45) is 5.87. The summed E-state index contributed by atoms with van der Waals surface area (Å²) in [5, 5.41) is 3.31. The third-order valence-corrected chi connectivity index (χ3v) is 3.83. The maximum atomic E-state index is 11.0. The first-order chi connectivity index (χ1) is 7.51. The van der Waals surface area contributed by atoms with Crippen molar-refractivity contribution >= 4 is 9.84 Å². The quantitative estimate of drug-likeness (QED) is 0.762. The molecule has 1 N–H and O–H groups in total. The van der Waals surface area contributed by atoms with Crippen LogP contribution in [0.2, 0.25) is 0 Å². The van der Waals surface area contributed by atoms with Gasteiger partial charge in [-0.15, -0.1) is 0 Å². The first-order valence-electron chi connectivity index (χ1n) is 6.04. The van der Waals surface area contributed by atoms with Crippen molar-refractivity contribution in [3.8, 4) is 0 Å². The van der Waals surface area contributed by atoms with E-state index in [1.807, 2.05) is 0 Å². The van der Waals surface area contributed by atoms with E-state index in [-0.39, 0.29) is 5.75 Å². The summed E-state index contributed by atoms with van der Waals surface area (Å²) in [7, 11) is -2.84. The average Bonchev–Trinajstić information content (AvgIpc) is 2.17. The van der Waals surface area contributed by atoms with Gasteiger partial charge in [0.15, 0.2) is 0 Å². The summed E-state index contributed by atoms with van der Waals surface area (Å²) in [5.41, 5.74) is 0. The van der Waals surface area contributed by atoms with Crippen molar-refractivity contribution in [1.82, 2.24) is 5.32 Å². The number of hydrogen-bond acceptors (Lipinski definition) is 4. The molecule has 2 atom stereocenters. The minimum atomic E-state index is -2.84. The van der Waals surface area contributed by atoms with Gasteiger partial charge in [-0.1, -0.05) is 13.3 Å². The maximum Gasteiger partial charge on any atom is 0.148 e. The lowest BCUT2D eigenvalue weighted by Crippen LogP contribution is -2.40. The van der Waals surface area contributed by atoms with Crippen LogP contribution in [-0.2, 0) is 14.6 Å². The highest BCUT2D eigenvalue weighted by molar-refractivity contribution is 7.90. The molecule has 96 valence electrons. The van der Waals surface area contributed by atoms with Crippen LogP contribution in [0.4, 0.5) is 0 Å². The molecule has 0 aromatic rings. The van der Waals surface area contributed by atoms with E-state index in [1.165, 1.54) is 6.26 Å². The van der Waals surface area contributed by atoms with Crippen molar-refractivity contribution in [2.45, 2.75) is 44.8 Å². The predicted octanol–water partition coefficient (Wildman–Crippen LogP) is 0.968. The fourth-order valence-corrected chi connectivity index (χ4v) is 2.53. The number of hydrogen-bond donors (Lipinski definition) is 1. The highest BCUT2D eigenvalue weighted by atomic mass is 32.2. The molecule has 1 aliphatic rings. The van der Waals surface area contributed by atoms with Crippen LogP contribution in [0.25, 0.3) is 0 Å². The zero-order valence-corrected chi connectivity index (χ0v) is 11.1. The number of sulfone groups is 1. The Morgan fingerprint density at radius 1 is 1.44 bits per heavy atom. The van der Waals surface area contributed by atoms with Gasteiger partial charge < -0.3 is 10.1 Å². The Morgan fingerprint density at radius 2 is 2.19 bits per heavy atom. The van der Waals surface area contributed by atoms with E-state index in [0.29, 0.717) is 18.7 Å². The average molecular weight is 249 g/mol. The Morgan fingerprint density at radius 3 is 2.81 bits per heavy atom. The molecule has 0 radical (unpaired) electrons. The first-order valence-corrected chi connectivity index (χ1v) is 8.10. The van der Waals surface area contributed by atoms with E-state index in [2.05, 4.69) is 12.2 Å². The lowest BCUT2D eigenvalue weighted by atomic mass is 10.0. The highest BCUT2D eigenvalue weighted by Gasteiger charge is 2.21. The minimum absolute atomic E-state index is 0.225. The van der Waals surface area contributed by atoms with Gasteiger partial charge in [-0.2, -0.15) is 0 Å². The molecular weight excluding hydrogens is 226 g/mol. The summed E-state index contributed by atoms with van der Waals surface area (Å²) in [6, 6.07) is 0.423. The fraction of sp³-hybridized carbons (Fsp3) is 1.00. The maximum absolute atomic E-state index is 11.0. The zero-order valence-electron chi connectivity index (χ0n) is 10.2. The van der Waals surface area contributed by atoms with Crippen LogP contribution in [0.3, 0.4) is 0 Å². The molecule has 0 aliphatic carbocycles. The van der Waals surface area contributed by atoms with Gasteiger partial charge in [-0.25, -0.2) is 8.42 Å². The lowest BCUT2D eigenvalue weighted by molar-refractivity contribution is -0.00278. The van der Waals surface area contributed by atoms with E-state index >= 15 is 0 Å². The Hall–Kier alpha value is -0.130. The SMILES string of the molecule is CCCC1CC(NCCS(C)(=O)=O)CCO1. The molecule has 0 aromatic heterocycles. The molecule has 0 spiro atoms. The second-order valence-corrected chi connectivity index (χ2v) is 6.85. The molecule has 16 heavy (non-hydrogen) atoms. The third-order valence-electron chi connectivity index (χ3n) is 2.88. The summed E-state index contributed by atoms with van der Waals surface area (Å²) in [4.78, 5) is 0. The Kier molecular flexibility index (Phi) is 5.72. The van der Waals surface area contributed by atoms with Crippen LogP contribution < -0.4 is 5.32 Å². The molecule has 0 aromatic carbocycles. The molecule has 1 aliphatic heterocycles. The van der Waals surface area contributed by atoms with Crippen LogP contribution in [0, 0.1) is 0 Å². The smallest absolute Gasteiger partial charge is 0.148 e. The molecule has 4 nitrogen and oxygen atoms in total. The predicted molar refractivity (Wildman–Crippen MR) is 65.4 cm³/mol. The van der Waals surface area contributed by atoms with Crippen LogP contribution in [-0.4, -0.2) is 45.7 Å². The van der Waals surface area contributed by atoms with Gasteiger partial charge in [0.1, 0.15) is 9.84 Å². The topological polar surface area (TPSA) is 55.4 Å². The van der Waals surface area contributed by atoms with Crippen LogP contribution in [0.1, 0.15) is 32.6 Å². The molecule has 1 heterocycles. The van der Waals surface area contributed by atoms with Gasteiger partial charge in [0.2, 0.25) is 0 Å². The van der Waals surface area contributed by atoms with E-state index in [1.54, 1.807) is 0 Å². The van der Waals surface area contributed by atoms with Crippen molar-refractivity contribution in [1.29, 1.82) is 0 Å². The molecule has 1 saturated heterocycles. The molecule has 0 saturated carbocycles. The Bertz CT molecular complexity index is 288. The van der Waals surface area contributed by atoms with Crippen molar-refractivity contribution in [3.05, 3.63) is 0 Å². The third kappa shape index (κ3) is 5.82. The summed E-state index contributed by atoms with van der Waals surface area (Å²) < 4.78 is 27.6. The van der Waals surface area contributed by atoms with E-state index < -0.39 is 9.84 Å². The van der Waals surface area contributed by atoms with E-state index in [4.69, 9.17) is 4.74 Å². The summed E-state index contributed by atoms with van der Waals surface area (Å²) >= 11 is 0. The number of rotatable bonds is 6. The molecule has 2 unspecified atom stereocenters. The van der Waals surface area contributed by atoms with Crippen molar-refractivity contribution < 1.29 is 13.2 Å². The van der Waals surface area contributed by atoms with E-state index in [9.17, 15) is 8.42 Å². The molecule has 1 fully saturated rings. The van der Waals surface area contributed by atoms with Gasteiger partial charge in [0.25, 0.3) is 0 Å².